The van der Waals surface area contributed by atoms with E-state index < -0.39 is 0 Å². The van der Waals surface area contributed by atoms with E-state index in [0.29, 0.717) is 0 Å². The second-order valence-corrected chi connectivity index (χ2v) is 3.75. The molecule has 0 saturated heterocycles. The second-order valence-electron chi connectivity index (χ2n) is 3.75. The predicted molar refractivity (Wildman–Crippen MR) is 69.5 cm³/mol. The monoisotopic (exact) mass is 205 g/mol. The Kier molecular flexibility index (Phi) is 7.43. The third-order valence-electron chi connectivity index (χ3n) is 1.98. The SMILES string of the molecule is C=C(C)/C=C(\C=C/C)CC/C(N)=C/CC. The van der Waals surface area contributed by atoms with Gasteiger partial charge in [0.1, 0.15) is 0 Å². The normalized spacial score (nSPS) is 13.5. The van der Waals surface area contributed by atoms with Crippen LogP contribution in [0.5, 0.6) is 0 Å². The topological polar surface area (TPSA) is 26.0 Å². The molecule has 0 aromatic heterocycles. The summed E-state index contributed by atoms with van der Waals surface area (Å²) >= 11 is 0. The predicted octanol–water partition coefficient (Wildman–Crippen LogP) is 4.10. The van der Waals surface area contributed by atoms with Crippen molar-refractivity contribution in [3.8, 4) is 0 Å². The maximum absolute atomic E-state index is 5.85. The van der Waals surface area contributed by atoms with E-state index in [1.807, 2.05) is 13.8 Å². The molecule has 0 unspecified atom stereocenters. The van der Waals surface area contributed by atoms with Crippen molar-refractivity contribution < 1.29 is 0 Å². The zero-order valence-electron chi connectivity index (χ0n) is 10.2. The average molecular weight is 205 g/mol. The van der Waals surface area contributed by atoms with Gasteiger partial charge in [0.2, 0.25) is 0 Å². The Hall–Kier alpha value is -1.24. The number of rotatable bonds is 6. The molecule has 0 aliphatic rings. The van der Waals surface area contributed by atoms with Crippen LogP contribution >= 0.6 is 0 Å². The molecule has 1 nitrogen and oxygen atoms in total. The van der Waals surface area contributed by atoms with Gasteiger partial charge in [-0.1, -0.05) is 43.4 Å². The van der Waals surface area contributed by atoms with Crippen molar-refractivity contribution in [1.82, 2.24) is 0 Å². The smallest absolute Gasteiger partial charge is 0.00431 e. The molecule has 0 atom stereocenters. The van der Waals surface area contributed by atoms with Crippen LogP contribution in [0, 0.1) is 0 Å². The van der Waals surface area contributed by atoms with Crippen LogP contribution in [0.3, 0.4) is 0 Å². The summed E-state index contributed by atoms with van der Waals surface area (Å²) in [4.78, 5) is 0. The minimum absolute atomic E-state index is 0.928. The summed E-state index contributed by atoms with van der Waals surface area (Å²) in [5, 5.41) is 0. The van der Waals surface area contributed by atoms with Crippen LogP contribution in [0.4, 0.5) is 0 Å². The lowest BCUT2D eigenvalue weighted by Crippen LogP contribution is -1.97. The highest BCUT2D eigenvalue weighted by Crippen LogP contribution is 2.12. The van der Waals surface area contributed by atoms with Gasteiger partial charge in [-0.2, -0.15) is 0 Å². The summed E-state index contributed by atoms with van der Waals surface area (Å²) in [5.74, 6) is 0. The fraction of sp³-hybridized carbons (Fsp3) is 0.429. The summed E-state index contributed by atoms with van der Waals surface area (Å²) in [6.45, 7) is 10.0. The maximum atomic E-state index is 5.85. The standard InChI is InChI=1S/C14H23N/c1-5-7-13(11-12(3)4)9-10-14(15)8-6-2/h5,7-8,11H,3,6,9-10,15H2,1-2,4H3/b7-5-,13-11+,14-8-. The highest BCUT2D eigenvalue weighted by atomic mass is 14.6. The molecule has 84 valence electrons. The molecule has 0 fully saturated rings. The summed E-state index contributed by atoms with van der Waals surface area (Å²) in [6, 6.07) is 0. The van der Waals surface area contributed by atoms with Gasteiger partial charge in [-0.15, -0.1) is 0 Å². The molecule has 2 N–H and O–H groups in total. The van der Waals surface area contributed by atoms with E-state index in [2.05, 4.69) is 37.8 Å². The summed E-state index contributed by atoms with van der Waals surface area (Å²) in [6.07, 6.45) is 11.3. The van der Waals surface area contributed by atoms with Crippen molar-refractivity contribution >= 4 is 0 Å². The third-order valence-corrected chi connectivity index (χ3v) is 1.98. The van der Waals surface area contributed by atoms with Crippen LogP contribution in [0.25, 0.3) is 0 Å². The first kappa shape index (κ1) is 13.8. The molecule has 0 heterocycles. The lowest BCUT2D eigenvalue weighted by molar-refractivity contribution is 0.916. The first-order chi connectivity index (χ1) is 7.10. The lowest BCUT2D eigenvalue weighted by Gasteiger charge is -2.03. The fourth-order valence-electron chi connectivity index (χ4n) is 1.39. The van der Waals surface area contributed by atoms with E-state index in [-0.39, 0.29) is 0 Å². The number of allylic oxidation sites excluding steroid dienone is 7. The van der Waals surface area contributed by atoms with E-state index in [9.17, 15) is 0 Å². The number of hydrogen-bond donors (Lipinski definition) is 1. The Morgan fingerprint density at radius 1 is 1.33 bits per heavy atom. The quantitative estimate of drug-likeness (QED) is 0.649. The van der Waals surface area contributed by atoms with Crippen LogP contribution in [0.15, 0.2) is 47.7 Å². The first-order valence-electron chi connectivity index (χ1n) is 5.53. The zero-order chi connectivity index (χ0) is 11.7. The van der Waals surface area contributed by atoms with E-state index in [4.69, 9.17) is 5.73 Å². The second kappa shape index (κ2) is 8.10. The minimum atomic E-state index is 0.928. The van der Waals surface area contributed by atoms with Gasteiger partial charge in [0, 0.05) is 5.70 Å². The van der Waals surface area contributed by atoms with Crippen LogP contribution in [-0.4, -0.2) is 0 Å². The van der Waals surface area contributed by atoms with Gasteiger partial charge in [0.05, 0.1) is 0 Å². The lowest BCUT2D eigenvalue weighted by atomic mass is 10.1. The molecule has 0 aliphatic carbocycles. The molecular weight excluding hydrogens is 182 g/mol. The van der Waals surface area contributed by atoms with Gasteiger partial charge >= 0.3 is 0 Å². The molecular formula is C14H23N. The molecule has 15 heavy (non-hydrogen) atoms. The Balaban J connectivity index is 4.32. The van der Waals surface area contributed by atoms with E-state index in [1.54, 1.807) is 0 Å². The molecule has 0 spiro atoms. The molecule has 0 amide bonds. The van der Waals surface area contributed by atoms with E-state index in [0.717, 1.165) is 30.5 Å². The van der Waals surface area contributed by atoms with Crippen LogP contribution in [-0.2, 0) is 0 Å². The van der Waals surface area contributed by atoms with Gasteiger partial charge < -0.3 is 5.73 Å². The van der Waals surface area contributed by atoms with E-state index >= 15 is 0 Å². The van der Waals surface area contributed by atoms with Gasteiger partial charge in [0.15, 0.2) is 0 Å². The van der Waals surface area contributed by atoms with Crippen molar-refractivity contribution in [1.29, 1.82) is 0 Å². The van der Waals surface area contributed by atoms with Gasteiger partial charge in [-0.25, -0.2) is 0 Å². The zero-order valence-corrected chi connectivity index (χ0v) is 10.2. The molecule has 0 aromatic rings. The third kappa shape index (κ3) is 7.80. The Morgan fingerprint density at radius 3 is 2.47 bits per heavy atom. The summed E-state index contributed by atoms with van der Waals surface area (Å²) < 4.78 is 0. The van der Waals surface area contributed by atoms with E-state index in [1.165, 1.54) is 5.57 Å². The van der Waals surface area contributed by atoms with Gasteiger partial charge in [0.25, 0.3) is 0 Å². The Morgan fingerprint density at radius 2 is 2.00 bits per heavy atom. The average Bonchev–Trinajstić information content (AvgIpc) is 2.14. The Labute approximate surface area is 94.1 Å². The van der Waals surface area contributed by atoms with Crippen LogP contribution in [0.1, 0.15) is 40.0 Å². The summed E-state index contributed by atoms with van der Waals surface area (Å²) in [7, 11) is 0. The largest absolute Gasteiger partial charge is 0.402 e. The molecule has 0 bridgehead atoms. The molecule has 0 saturated carbocycles. The molecule has 0 aromatic carbocycles. The van der Waals surface area contributed by atoms with Crippen molar-refractivity contribution in [2.24, 2.45) is 5.73 Å². The number of hydrogen-bond acceptors (Lipinski definition) is 1. The first-order valence-corrected chi connectivity index (χ1v) is 5.53. The molecule has 0 radical (unpaired) electrons. The molecule has 0 rings (SSSR count). The van der Waals surface area contributed by atoms with Crippen LogP contribution < -0.4 is 5.73 Å². The van der Waals surface area contributed by atoms with Crippen molar-refractivity contribution in [2.45, 2.75) is 40.0 Å². The van der Waals surface area contributed by atoms with Crippen LogP contribution in [0.2, 0.25) is 0 Å². The Bertz CT molecular complexity index is 280. The fourth-order valence-corrected chi connectivity index (χ4v) is 1.39. The number of nitrogens with two attached hydrogens (primary N) is 1. The van der Waals surface area contributed by atoms with Crippen molar-refractivity contribution in [2.75, 3.05) is 0 Å². The van der Waals surface area contributed by atoms with Gasteiger partial charge in [-0.3, -0.25) is 0 Å². The summed E-state index contributed by atoms with van der Waals surface area (Å²) in [5.41, 5.74) is 9.20. The highest BCUT2D eigenvalue weighted by molar-refractivity contribution is 5.27. The van der Waals surface area contributed by atoms with Crippen molar-refractivity contribution in [3.05, 3.63) is 47.7 Å². The maximum Gasteiger partial charge on any atom is 0.00431 e. The van der Waals surface area contributed by atoms with Gasteiger partial charge in [-0.05, 0) is 38.7 Å². The molecule has 0 aliphatic heterocycles. The van der Waals surface area contributed by atoms with Crippen molar-refractivity contribution in [3.63, 3.8) is 0 Å². The highest BCUT2D eigenvalue weighted by Gasteiger charge is 1.95. The minimum Gasteiger partial charge on any atom is -0.402 e. The molecule has 1 heteroatoms.